The molecule has 2 aromatic carbocycles. The molecule has 0 fully saturated rings. The van der Waals surface area contributed by atoms with Crippen molar-refractivity contribution in [1.82, 2.24) is 15.1 Å². The third-order valence-corrected chi connectivity index (χ3v) is 3.71. The molecule has 0 aliphatic rings. The second kappa shape index (κ2) is 9.88. The average molecular weight is 397 g/mol. The molecule has 0 unspecified atom stereocenters. The van der Waals surface area contributed by atoms with Crippen molar-refractivity contribution < 1.29 is 23.5 Å². The van der Waals surface area contributed by atoms with E-state index in [1.54, 1.807) is 36.4 Å². The molecule has 1 N–H and O–H groups in total. The van der Waals surface area contributed by atoms with Gasteiger partial charge in [0.1, 0.15) is 18.9 Å². The SMILES string of the molecule is O=C(COC(=O)Cn1nc(-c2ccccc2)oc1=O)NCCOc1ccccc1. The Balaban J connectivity index is 1.39. The first-order valence-corrected chi connectivity index (χ1v) is 8.85. The van der Waals surface area contributed by atoms with E-state index in [1.165, 1.54) is 0 Å². The fourth-order valence-corrected chi connectivity index (χ4v) is 2.34. The predicted molar refractivity (Wildman–Crippen MR) is 102 cm³/mol. The van der Waals surface area contributed by atoms with Crippen LogP contribution in [-0.4, -0.2) is 41.4 Å². The van der Waals surface area contributed by atoms with Gasteiger partial charge in [0.25, 0.3) is 5.91 Å². The molecule has 0 radical (unpaired) electrons. The van der Waals surface area contributed by atoms with Crippen LogP contribution in [0.15, 0.2) is 69.9 Å². The molecule has 1 heterocycles. The lowest BCUT2D eigenvalue weighted by Gasteiger charge is -2.08. The van der Waals surface area contributed by atoms with E-state index in [4.69, 9.17) is 13.9 Å². The summed E-state index contributed by atoms with van der Waals surface area (Å²) in [6, 6.07) is 18.0. The van der Waals surface area contributed by atoms with Gasteiger partial charge < -0.3 is 19.2 Å². The first-order chi connectivity index (χ1) is 14.1. The number of carbonyl (C=O) groups is 2. The normalized spacial score (nSPS) is 10.3. The Morgan fingerprint density at radius 3 is 2.45 bits per heavy atom. The summed E-state index contributed by atoms with van der Waals surface area (Å²) >= 11 is 0. The number of esters is 1. The quantitative estimate of drug-likeness (QED) is 0.427. The first-order valence-electron chi connectivity index (χ1n) is 8.85. The van der Waals surface area contributed by atoms with Gasteiger partial charge in [0.2, 0.25) is 5.89 Å². The molecular weight excluding hydrogens is 378 g/mol. The summed E-state index contributed by atoms with van der Waals surface area (Å²) in [6.45, 7) is -0.392. The maximum Gasteiger partial charge on any atom is 0.437 e. The molecule has 1 aromatic heterocycles. The molecule has 9 heteroatoms. The topological polar surface area (TPSA) is 113 Å². The third-order valence-electron chi connectivity index (χ3n) is 3.71. The molecule has 0 aliphatic carbocycles. The maximum absolute atomic E-state index is 11.9. The van der Waals surface area contributed by atoms with E-state index in [2.05, 4.69) is 10.4 Å². The number of benzene rings is 2. The molecule has 150 valence electrons. The lowest BCUT2D eigenvalue weighted by atomic mass is 10.2. The number of hydrogen-bond donors (Lipinski definition) is 1. The highest BCUT2D eigenvalue weighted by atomic mass is 16.5. The Hall–Kier alpha value is -3.88. The van der Waals surface area contributed by atoms with Gasteiger partial charge in [0, 0.05) is 5.56 Å². The van der Waals surface area contributed by atoms with Crippen LogP contribution in [-0.2, 0) is 20.9 Å². The molecule has 9 nitrogen and oxygen atoms in total. The smallest absolute Gasteiger partial charge is 0.437 e. The summed E-state index contributed by atoms with van der Waals surface area (Å²) in [5.41, 5.74) is 0.605. The number of carbonyl (C=O) groups excluding carboxylic acids is 2. The number of aromatic nitrogens is 2. The van der Waals surface area contributed by atoms with Crippen molar-refractivity contribution in [2.24, 2.45) is 0 Å². The average Bonchev–Trinajstić information content (AvgIpc) is 3.11. The Morgan fingerprint density at radius 2 is 1.72 bits per heavy atom. The second-order valence-corrected chi connectivity index (χ2v) is 5.87. The van der Waals surface area contributed by atoms with Crippen molar-refractivity contribution in [2.45, 2.75) is 6.54 Å². The van der Waals surface area contributed by atoms with Crippen molar-refractivity contribution in [3.05, 3.63) is 71.2 Å². The lowest BCUT2D eigenvalue weighted by molar-refractivity contribution is -0.149. The number of ether oxygens (including phenoxy) is 2. The fourth-order valence-electron chi connectivity index (χ4n) is 2.34. The summed E-state index contributed by atoms with van der Waals surface area (Å²) in [5.74, 6) is -1.26. The number of nitrogens with zero attached hydrogens (tertiary/aromatic N) is 2. The highest BCUT2D eigenvalue weighted by Gasteiger charge is 2.14. The summed E-state index contributed by atoms with van der Waals surface area (Å²) < 4.78 is 16.2. The van der Waals surface area contributed by atoms with Gasteiger partial charge in [-0.3, -0.25) is 9.59 Å². The maximum atomic E-state index is 11.9. The van der Waals surface area contributed by atoms with Gasteiger partial charge in [-0.05, 0) is 24.3 Å². The molecule has 0 aliphatic heterocycles. The minimum atomic E-state index is -0.789. The van der Waals surface area contributed by atoms with Crippen molar-refractivity contribution >= 4 is 11.9 Å². The Morgan fingerprint density at radius 1 is 1.03 bits per heavy atom. The third kappa shape index (κ3) is 6.06. The van der Waals surface area contributed by atoms with Crippen molar-refractivity contribution in [2.75, 3.05) is 19.8 Å². The molecule has 0 saturated carbocycles. The predicted octanol–water partition coefficient (Wildman–Crippen LogP) is 1.24. The molecule has 0 spiro atoms. The zero-order valence-corrected chi connectivity index (χ0v) is 15.4. The van der Waals surface area contributed by atoms with Gasteiger partial charge in [-0.2, -0.15) is 4.68 Å². The van der Waals surface area contributed by atoms with Crippen molar-refractivity contribution in [3.8, 4) is 17.2 Å². The fraction of sp³-hybridized carbons (Fsp3) is 0.200. The van der Waals surface area contributed by atoms with E-state index >= 15 is 0 Å². The Kier molecular flexibility index (Phi) is 6.77. The van der Waals surface area contributed by atoms with Crippen molar-refractivity contribution in [1.29, 1.82) is 0 Å². The number of rotatable bonds is 9. The lowest BCUT2D eigenvalue weighted by Crippen LogP contribution is -2.33. The zero-order chi connectivity index (χ0) is 20.5. The Bertz CT molecular complexity index is 998. The van der Waals surface area contributed by atoms with Crippen LogP contribution in [0.2, 0.25) is 0 Å². The number of amides is 1. The minimum Gasteiger partial charge on any atom is -0.492 e. The van der Waals surface area contributed by atoms with Crippen LogP contribution >= 0.6 is 0 Å². The Labute approximate surface area is 165 Å². The van der Waals surface area contributed by atoms with Crippen LogP contribution in [0.4, 0.5) is 0 Å². The summed E-state index contributed by atoms with van der Waals surface area (Å²) in [7, 11) is 0. The van der Waals surface area contributed by atoms with Gasteiger partial charge in [0.15, 0.2) is 6.61 Å². The summed E-state index contributed by atoms with van der Waals surface area (Å²) in [5, 5.41) is 6.52. The van der Waals surface area contributed by atoms with Crippen LogP contribution in [0.25, 0.3) is 11.5 Å². The number of para-hydroxylation sites is 1. The summed E-state index contributed by atoms with van der Waals surface area (Å²) in [6.07, 6.45) is 0. The first kappa shape index (κ1) is 19.9. The molecule has 29 heavy (non-hydrogen) atoms. The van der Waals surface area contributed by atoms with E-state index in [0.717, 1.165) is 4.68 Å². The van der Waals surface area contributed by atoms with E-state index < -0.39 is 30.8 Å². The molecule has 3 aromatic rings. The molecule has 0 bridgehead atoms. The van der Waals surface area contributed by atoms with Gasteiger partial charge >= 0.3 is 11.7 Å². The molecule has 3 rings (SSSR count). The molecular formula is C20H19N3O6. The van der Waals surface area contributed by atoms with Crippen LogP contribution in [0, 0.1) is 0 Å². The highest BCUT2D eigenvalue weighted by molar-refractivity contribution is 5.80. The van der Waals surface area contributed by atoms with Gasteiger partial charge in [-0.15, -0.1) is 5.10 Å². The van der Waals surface area contributed by atoms with E-state index in [1.807, 2.05) is 24.3 Å². The van der Waals surface area contributed by atoms with Crippen LogP contribution in [0.5, 0.6) is 5.75 Å². The standard InChI is InChI=1S/C20H19N3O6/c24-17(21-11-12-27-16-9-5-2-6-10-16)14-28-18(25)13-23-20(26)29-19(22-23)15-7-3-1-4-8-15/h1-10H,11-14H2,(H,21,24). The minimum absolute atomic E-state index is 0.0968. The summed E-state index contributed by atoms with van der Waals surface area (Å²) in [4.78, 5) is 35.4. The van der Waals surface area contributed by atoms with Gasteiger partial charge in [-0.1, -0.05) is 36.4 Å². The molecule has 0 atom stereocenters. The molecule has 0 saturated heterocycles. The van der Waals surface area contributed by atoms with Gasteiger partial charge in [0.05, 0.1) is 6.54 Å². The highest BCUT2D eigenvalue weighted by Crippen LogP contribution is 2.13. The van der Waals surface area contributed by atoms with E-state index in [0.29, 0.717) is 11.3 Å². The zero-order valence-electron chi connectivity index (χ0n) is 15.4. The van der Waals surface area contributed by atoms with E-state index in [-0.39, 0.29) is 19.0 Å². The monoisotopic (exact) mass is 397 g/mol. The second-order valence-electron chi connectivity index (χ2n) is 5.87. The number of hydrogen-bond acceptors (Lipinski definition) is 7. The van der Waals surface area contributed by atoms with E-state index in [9.17, 15) is 14.4 Å². The van der Waals surface area contributed by atoms with Gasteiger partial charge in [-0.25, -0.2) is 4.79 Å². The van der Waals surface area contributed by atoms with Crippen LogP contribution in [0.3, 0.4) is 0 Å². The number of nitrogens with one attached hydrogen (secondary N) is 1. The van der Waals surface area contributed by atoms with Crippen LogP contribution < -0.4 is 15.8 Å². The van der Waals surface area contributed by atoms with Crippen LogP contribution in [0.1, 0.15) is 0 Å². The largest absolute Gasteiger partial charge is 0.492 e. The van der Waals surface area contributed by atoms with Crippen molar-refractivity contribution in [3.63, 3.8) is 0 Å². The molecule has 1 amide bonds.